The highest BCUT2D eigenvalue weighted by Crippen LogP contribution is 2.23. The number of ether oxygens (including phenoxy) is 1. The molecule has 1 atom stereocenters. The summed E-state index contributed by atoms with van der Waals surface area (Å²) in [7, 11) is 1.69. The van der Waals surface area contributed by atoms with E-state index in [0.717, 1.165) is 18.7 Å². The predicted octanol–water partition coefficient (Wildman–Crippen LogP) is 3.31. The van der Waals surface area contributed by atoms with Crippen molar-refractivity contribution in [2.24, 2.45) is 0 Å². The number of benzene rings is 1. The molecule has 0 aromatic heterocycles. The number of hydrogen-bond donors (Lipinski definition) is 1. The highest BCUT2D eigenvalue weighted by atomic mass is 16.5. The third-order valence-electron chi connectivity index (χ3n) is 2.50. The lowest BCUT2D eigenvalue weighted by atomic mass is 10.00. The first kappa shape index (κ1) is 12.8. The summed E-state index contributed by atoms with van der Waals surface area (Å²) in [4.78, 5) is 0. The molecule has 0 amide bonds. The molecule has 1 unspecified atom stereocenters. The molecule has 1 rings (SSSR count). The number of methoxy groups -OCH3 is 1. The summed E-state index contributed by atoms with van der Waals surface area (Å²) in [5.41, 5.74) is 2.44. The average molecular weight is 219 g/mol. The second-order valence-electron chi connectivity index (χ2n) is 4.05. The first-order chi connectivity index (χ1) is 7.67. The van der Waals surface area contributed by atoms with Crippen LogP contribution in [0.3, 0.4) is 0 Å². The van der Waals surface area contributed by atoms with Crippen LogP contribution < -0.4 is 10.1 Å². The maximum atomic E-state index is 5.24. The molecule has 0 spiro atoms. The zero-order valence-corrected chi connectivity index (χ0v) is 10.4. The van der Waals surface area contributed by atoms with Crippen LogP contribution in [0, 0.1) is 0 Å². The van der Waals surface area contributed by atoms with E-state index in [2.05, 4.69) is 37.9 Å². The van der Waals surface area contributed by atoms with Gasteiger partial charge < -0.3 is 10.1 Å². The summed E-state index contributed by atoms with van der Waals surface area (Å²) < 4.78 is 5.24. The fourth-order valence-corrected chi connectivity index (χ4v) is 1.76. The van der Waals surface area contributed by atoms with E-state index in [1.54, 1.807) is 7.11 Å². The summed E-state index contributed by atoms with van der Waals surface area (Å²) >= 11 is 0. The molecular weight excluding hydrogens is 198 g/mol. The van der Waals surface area contributed by atoms with Crippen LogP contribution in [0.25, 0.3) is 0 Å². The van der Waals surface area contributed by atoms with E-state index < -0.39 is 0 Å². The molecular formula is C14H21NO. The van der Waals surface area contributed by atoms with Crippen LogP contribution in [-0.4, -0.2) is 13.7 Å². The van der Waals surface area contributed by atoms with Gasteiger partial charge in [-0.25, -0.2) is 0 Å². The average Bonchev–Trinajstić information content (AvgIpc) is 2.28. The van der Waals surface area contributed by atoms with E-state index >= 15 is 0 Å². The molecule has 0 saturated carbocycles. The van der Waals surface area contributed by atoms with Gasteiger partial charge in [0, 0.05) is 6.04 Å². The van der Waals surface area contributed by atoms with Gasteiger partial charge in [-0.3, -0.25) is 0 Å². The van der Waals surface area contributed by atoms with E-state index in [4.69, 9.17) is 4.74 Å². The summed E-state index contributed by atoms with van der Waals surface area (Å²) in [6.07, 6.45) is 0.959. The molecule has 16 heavy (non-hydrogen) atoms. The summed E-state index contributed by atoms with van der Waals surface area (Å²) in [6, 6.07) is 8.52. The zero-order chi connectivity index (χ0) is 12.0. The van der Waals surface area contributed by atoms with Crippen LogP contribution in [0.15, 0.2) is 36.4 Å². The molecule has 2 heteroatoms. The van der Waals surface area contributed by atoms with Gasteiger partial charge in [-0.1, -0.05) is 24.6 Å². The zero-order valence-electron chi connectivity index (χ0n) is 10.4. The van der Waals surface area contributed by atoms with E-state index in [1.165, 1.54) is 11.1 Å². The van der Waals surface area contributed by atoms with Gasteiger partial charge in [0.15, 0.2) is 0 Å². The monoisotopic (exact) mass is 219 g/mol. The Hall–Kier alpha value is -1.28. The molecule has 88 valence electrons. The van der Waals surface area contributed by atoms with Gasteiger partial charge in [-0.15, -0.1) is 6.58 Å². The molecule has 0 bridgehead atoms. The maximum absolute atomic E-state index is 5.24. The van der Waals surface area contributed by atoms with Crippen LogP contribution in [-0.2, 0) is 0 Å². The van der Waals surface area contributed by atoms with Crippen molar-refractivity contribution in [3.05, 3.63) is 42.0 Å². The molecule has 0 radical (unpaired) electrons. The molecule has 0 saturated heterocycles. The minimum Gasteiger partial charge on any atom is -0.497 e. The SMILES string of the molecule is C=C(C)CC(NCC)c1cccc(OC)c1. The summed E-state index contributed by atoms with van der Waals surface area (Å²) in [5, 5.41) is 3.47. The molecule has 2 nitrogen and oxygen atoms in total. The molecule has 1 aromatic carbocycles. The number of nitrogens with one attached hydrogen (secondary N) is 1. The first-order valence-electron chi connectivity index (χ1n) is 5.69. The van der Waals surface area contributed by atoms with Gasteiger partial charge in [0.05, 0.1) is 7.11 Å². The minimum absolute atomic E-state index is 0.331. The van der Waals surface area contributed by atoms with Gasteiger partial charge in [-0.05, 0) is 37.6 Å². The van der Waals surface area contributed by atoms with Gasteiger partial charge >= 0.3 is 0 Å². The molecule has 0 aliphatic heterocycles. The van der Waals surface area contributed by atoms with Crippen molar-refractivity contribution in [3.8, 4) is 5.75 Å². The summed E-state index contributed by atoms with van der Waals surface area (Å²) in [6.45, 7) is 9.10. The number of rotatable bonds is 6. The normalized spacial score (nSPS) is 12.2. The smallest absolute Gasteiger partial charge is 0.119 e. The van der Waals surface area contributed by atoms with Crippen molar-refractivity contribution in [1.29, 1.82) is 0 Å². The molecule has 0 aliphatic carbocycles. The quantitative estimate of drug-likeness (QED) is 0.741. The third-order valence-corrected chi connectivity index (χ3v) is 2.50. The van der Waals surface area contributed by atoms with E-state index in [1.807, 2.05) is 12.1 Å². The van der Waals surface area contributed by atoms with Crippen LogP contribution in [0.5, 0.6) is 5.75 Å². The van der Waals surface area contributed by atoms with Crippen LogP contribution >= 0.6 is 0 Å². The fourth-order valence-electron chi connectivity index (χ4n) is 1.76. The van der Waals surface area contributed by atoms with Gasteiger partial charge in [0.25, 0.3) is 0 Å². The van der Waals surface area contributed by atoms with Crippen molar-refractivity contribution in [2.75, 3.05) is 13.7 Å². The number of hydrogen-bond acceptors (Lipinski definition) is 2. The lowest BCUT2D eigenvalue weighted by Crippen LogP contribution is -2.21. The molecule has 1 N–H and O–H groups in total. The lowest BCUT2D eigenvalue weighted by molar-refractivity contribution is 0.413. The van der Waals surface area contributed by atoms with Gasteiger partial charge in [-0.2, -0.15) is 0 Å². The molecule has 1 aromatic rings. The second-order valence-corrected chi connectivity index (χ2v) is 4.05. The largest absolute Gasteiger partial charge is 0.497 e. The molecule has 0 heterocycles. The molecule has 0 aliphatic rings. The Balaban J connectivity index is 2.86. The van der Waals surface area contributed by atoms with E-state index in [-0.39, 0.29) is 0 Å². The second kappa shape index (κ2) is 6.33. The highest BCUT2D eigenvalue weighted by Gasteiger charge is 2.10. The molecule has 0 fully saturated rings. The summed E-state index contributed by atoms with van der Waals surface area (Å²) in [5.74, 6) is 0.905. The third kappa shape index (κ3) is 3.70. The Labute approximate surface area is 98.3 Å². The minimum atomic E-state index is 0.331. The van der Waals surface area contributed by atoms with Crippen LogP contribution in [0.2, 0.25) is 0 Å². The van der Waals surface area contributed by atoms with Crippen molar-refractivity contribution < 1.29 is 4.74 Å². The van der Waals surface area contributed by atoms with E-state index in [0.29, 0.717) is 6.04 Å². The Morgan fingerprint density at radius 3 is 2.81 bits per heavy atom. The Kier molecular flexibility index (Phi) is 5.06. The standard InChI is InChI=1S/C14H21NO/c1-5-15-14(9-11(2)3)12-7-6-8-13(10-12)16-4/h6-8,10,14-15H,2,5,9H2,1,3-4H3. The highest BCUT2D eigenvalue weighted by molar-refractivity contribution is 5.31. The first-order valence-corrected chi connectivity index (χ1v) is 5.69. The maximum Gasteiger partial charge on any atom is 0.119 e. The Morgan fingerprint density at radius 1 is 1.50 bits per heavy atom. The van der Waals surface area contributed by atoms with Crippen molar-refractivity contribution >= 4 is 0 Å². The lowest BCUT2D eigenvalue weighted by Gasteiger charge is -2.19. The fraction of sp³-hybridized carbons (Fsp3) is 0.429. The van der Waals surface area contributed by atoms with Gasteiger partial charge in [0.2, 0.25) is 0 Å². The predicted molar refractivity (Wildman–Crippen MR) is 68.8 cm³/mol. The van der Waals surface area contributed by atoms with Crippen LogP contribution in [0.1, 0.15) is 31.9 Å². The topological polar surface area (TPSA) is 21.3 Å². The van der Waals surface area contributed by atoms with Crippen molar-refractivity contribution in [3.63, 3.8) is 0 Å². The van der Waals surface area contributed by atoms with Gasteiger partial charge in [0.1, 0.15) is 5.75 Å². The Morgan fingerprint density at radius 2 is 2.25 bits per heavy atom. The van der Waals surface area contributed by atoms with Crippen molar-refractivity contribution in [1.82, 2.24) is 5.32 Å². The van der Waals surface area contributed by atoms with Crippen molar-refractivity contribution in [2.45, 2.75) is 26.3 Å². The Bertz CT molecular complexity index is 346. The van der Waals surface area contributed by atoms with Crippen LogP contribution in [0.4, 0.5) is 0 Å². The van der Waals surface area contributed by atoms with E-state index in [9.17, 15) is 0 Å².